The van der Waals surface area contributed by atoms with E-state index in [9.17, 15) is 19.2 Å². The van der Waals surface area contributed by atoms with E-state index in [4.69, 9.17) is 4.74 Å². The van der Waals surface area contributed by atoms with E-state index in [0.29, 0.717) is 43.3 Å². The summed E-state index contributed by atoms with van der Waals surface area (Å²) in [6.45, 7) is 7.14. The number of nitrogens with one attached hydrogen (secondary N) is 2. The van der Waals surface area contributed by atoms with Crippen molar-refractivity contribution in [1.82, 2.24) is 9.55 Å². The number of thiophene rings is 1. The number of fused-ring (bicyclic) bond motifs is 2. The Morgan fingerprint density at radius 2 is 1.92 bits per heavy atom. The highest BCUT2D eigenvalue weighted by molar-refractivity contribution is 7.20. The van der Waals surface area contributed by atoms with Gasteiger partial charge in [0.15, 0.2) is 12.4 Å². The maximum Gasteiger partial charge on any atom is 0.266 e. The van der Waals surface area contributed by atoms with Gasteiger partial charge in [-0.25, -0.2) is 4.98 Å². The predicted octanol–water partition coefficient (Wildman–Crippen LogP) is 4.41. The number of Topliss-reactive ketones (excluding diaryl/α,β-unsaturated/α-hetero) is 1. The third-order valence-electron chi connectivity index (χ3n) is 6.41. The standard InChI is InChI=1S/C27H24N4O5S/c1-13-5-7-18(14(2)9-13)30-25(34)24-15(3)22-26(37-24)28-12-31(27(22)35)16(4)23(33)17-6-8-20-19(10-17)29-21(32)11-36-20/h5-10,12,16H,11H2,1-4H3,(H,29,32)(H,30,34). The van der Waals surface area contributed by atoms with E-state index in [2.05, 4.69) is 15.6 Å². The van der Waals surface area contributed by atoms with Gasteiger partial charge in [-0.2, -0.15) is 0 Å². The average Bonchev–Trinajstić information content (AvgIpc) is 3.21. The summed E-state index contributed by atoms with van der Waals surface area (Å²) in [4.78, 5) is 56.6. The molecule has 2 amide bonds. The van der Waals surface area contributed by atoms with Crippen molar-refractivity contribution in [1.29, 1.82) is 0 Å². The third-order valence-corrected chi connectivity index (χ3v) is 7.60. The molecule has 10 heteroatoms. The molecule has 0 radical (unpaired) electrons. The van der Waals surface area contributed by atoms with Crippen molar-refractivity contribution in [2.45, 2.75) is 33.7 Å². The summed E-state index contributed by atoms with van der Waals surface area (Å²) >= 11 is 1.14. The summed E-state index contributed by atoms with van der Waals surface area (Å²) in [6, 6.07) is 9.63. The van der Waals surface area contributed by atoms with Gasteiger partial charge >= 0.3 is 0 Å². The van der Waals surface area contributed by atoms with E-state index in [0.717, 1.165) is 22.5 Å². The first kappa shape index (κ1) is 24.4. The molecule has 4 aromatic rings. The highest BCUT2D eigenvalue weighted by Gasteiger charge is 2.25. The van der Waals surface area contributed by atoms with Crippen LogP contribution < -0.4 is 20.9 Å². The molecule has 1 aliphatic heterocycles. The van der Waals surface area contributed by atoms with E-state index in [-0.39, 0.29) is 24.2 Å². The summed E-state index contributed by atoms with van der Waals surface area (Å²) in [5.41, 5.74) is 3.57. The van der Waals surface area contributed by atoms with Crippen molar-refractivity contribution < 1.29 is 19.1 Å². The Balaban J connectivity index is 1.46. The molecule has 37 heavy (non-hydrogen) atoms. The lowest BCUT2D eigenvalue weighted by Gasteiger charge is -2.19. The Morgan fingerprint density at radius 3 is 2.68 bits per heavy atom. The minimum Gasteiger partial charge on any atom is -0.482 e. The number of carbonyl (C=O) groups excluding carboxylic acids is 3. The van der Waals surface area contributed by atoms with Crippen LogP contribution in [0.2, 0.25) is 0 Å². The zero-order valence-electron chi connectivity index (χ0n) is 20.7. The first-order valence-corrected chi connectivity index (χ1v) is 12.5. The molecule has 0 saturated heterocycles. The molecule has 1 unspecified atom stereocenters. The summed E-state index contributed by atoms with van der Waals surface area (Å²) in [7, 11) is 0. The Bertz CT molecular complexity index is 1670. The van der Waals surface area contributed by atoms with Crippen LogP contribution in [0.3, 0.4) is 0 Å². The molecule has 2 aromatic carbocycles. The van der Waals surface area contributed by atoms with Crippen molar-refractivity contribution in [2.75, 3.05) is 17.2 Å². The Morgan fingerprint density at radius 1 is 1.14 bits per heavy atom. The van der Waals surface area contributed by atoms with Crippen LogP contribution >= 0.6 is 11.3 Å². The topological polar surface area (TPSA) is 119 Å². The predicted molar refractivity (Wildman–Crippen MR) is 142 cm³/mol. The second kappa shape index (κ2) is 9.29. The first-order chi connectivity index (χ1) is 17.6. The molecule has 0 saturated carbocycles. The monoisotopic (exact) mass is 516 g/mol. The highest BCUT2D eigenvalue weighted by atomic mass is 32.1. The fourth-order valence-electron chi connectivity index (χ4n) is 4.37. The number of aromatic nitrogens is 2. The van der Waals surface area contributed by atoms with Crippen LogP contribution in [0.5, 0.6) is 5.75 Å². The van der Waals surface area contributed by atoms with Crippen LogP contribution in [0.15, 0.2) is 47.5 Å². The summed E-state index contributed by atoms with van der Waals surface area (Å²) in [6.07, 6.45) is 1.33. The second-order valence-corrected chi connectivity index (χ2v) is 10.1. The van der Waals surface area contributed by atoms with Gasteiger partial charge in [-0.1, -0.05) is 17.7 Å². The SMILES string of the molecule is Cc1ccc(NC(=O)c2sc3ncn(C(C)C(=O)c4ccc5c(c4)NC(=O)CO5)c(=O)c3c2C)c(C)c1. The van der Waals surface area contributed by atoms with Gasteiger partial charge in [0.1, 0.15) is 10.6 Å². The number of nitrogens with zero attached hydrogens (tertiary/aromatic N) is 2. The number of benzene rings is 2. The highest BCUT2D eigenvalue weighted by Crippen LogP contribution is 2.31. The molecule has 2 N–H and O–H groups in total. The van der Waals surface area contributed by atoms with Gasteiger partial charge in [-0.3, -0.25) is 23.7 Å². The largest absolute Gasteiger partial charge is 0.482 e. The second-order valence-electron chi connectivity index (χ2n) is 9.05. The Hall–Kier alpha value is -4.31. The number of hydrogen-bond acceptors (Lipinski definition) is 7. The van der Waals surface area contributed by atoms with Crippen LogP contribution in [0.25, 0.3) is 10.2 Å². The number of ether oxygens (including phenoxy) is 1. The molecule has 1 atom stereocenters. The van der Waals surface area contributed by atoms with Gasteiger partial charge in [0, 0.05) is 11.3 Å². The van der Waals surface area contributed by atoms with Crippen molar-refractivity contribution in [3.05, 3.63) is 80.2 Å². The molecule has 1 aliphatic rings. The zero-order valence-corrected chi connectivity index (χ0v) is 21.5. The van der Waals surface area contributed by atoms with Crippen LogP contribution in [0.1, 0.15) is 49.7 Å². The normalized spacial score (nSPS) is 13.5. The Labute approximate surface area is 216 Å². The van der Waals surface area contributed by atoms with Crippen LogP contribution in [-0.4, -0.2) is 33.8 Å². The van der Waals surface area contributed by atoms with Gasteiger partial charge in [0.2, 0.25) is 0 Å². The van der Waals surface area contributed by atoms with Gasteiger partial charge in [-0.05, 0) is 63.1 Å². The van der Waals surface area contributed by atoms with Crippen molar-refractivity contribution in [2.24, 2.45) is 0 Å². The molecule has 0 spiro atoms. The molecular formula is C27H24N4O5S. The molecule has 0 bridgehead atoms. The molecule has 188 valence electrons. The molecule has 5 rings (SSSR count). The molecular weight excluding hydrogens is 492 g/mol. The molecule has 9 nitrogen and oxygen atoms in total. The maximum absolute atomic E-state index is 13.5. The number of anilines is 2. The Kier molecular flexibility index (Phi) is 6.12. The molecule has 3 heterocycles. The van der Waals surface area contributed by atoms with E-state index >= 15 is 0 Å². The lowest BCUT2D eigenvalue weighted by Crippen LogP contribution is -2.29. The van der Waals surface area contributed by atoms with Crippen molar-refractivity contribution >= 4 is 50.5 Å². The minimum atomic E-state index is -0.866. The van der Waals surface area contributed by atoms with E-state index in [1.807, 2.05) is 32.0 Å². The number of ketones is 1. The average molecular weight is 517 g/mol. The van der Waals surface area contributed by atoms with Gasteiger partial charge in [0.25, 0.3) is 17.4 Å². The first-order valence-electron chi connectivity index (χ1n) is 11.6. The minimum absolute atomic E-state index is 0.0809. The number of rotatable bonds is 5. The quantitative estimate of drug-likeness (QED) is 0.379. The zero-order chi connectivity index (χ0) is 26.4. The molecule has 0 aliphatic carbocycles. The van der Waals surface area contributed by atoms with Crippen molar-refractivity contribution in [3.8, 4) is 5.75 Å². The van der Waals surface area contributed by atoms with Gasteiger partial charge < -0.3 is 15.4 Å². The van der Waals surface area contributed by atoms with Crippen molar-refractivity contribution in [3.63, 3.8) is 0 Å². The van der Waals surface area contributed by atoms with Gasteiger partial charge in [-0.15, -0.1) is 11.3 Å². The fraction of sp³-hybridized carbons (Fsp3) is 0.222. The number of aryl methyl sites for hydroxylation is 3. The smallest absolute Gasteiger partial charge is 0.266 e. The maximum atomic E-state index is 13.5. The van der Waals surface area contributed by atoms with Crippen LogP contribution in [0.4, 0.5) is 11.4 Å². The van der Waals surface area contributed by atoms with Gasteiger partial charge in [0.05, 0.1) is 28.3 Å². The number of hydrogen-bond donors (Lipinski definition) is 2. The summed E-state index contributed by atoms with van der Waals surface area (Å²) < 4.78 is 6.62. The summed E-state index contributed by atoms with van der Waals surface area (Å²) in [5, 5.41) is 5.91. The lowest BCUT2D eigenvalue weighted by atomic mass is 10.0. The summed E-state index contributed by atoms with van der Waals surface area (Å²) in [5.74, 6) is -0.474. The fourth-order valence-corrected chi connectivity index (χ4v) is 5.40. The number of amides is 2. The van der Waals surface area contributed by atoms with E-state index in [1.165, 1.54) is 17.0 Å². The molecule has 2 aromatic heterocycles. The number of carbonyl (C=O) groups is 3. The van der Waals surface area contributed by atoms with Crippen LogP contribution in [0, 0.1) is 20.8 Å². The third kappa shape index (κ3) is 4.40. The lowest BCUT2D eigenvalue weighted by molar-refractivity contribution is -0.118. The van der Waals surface area contributed by atoms with E-state index in [1.54, 1.807) is 26.0 Å². The van der Waals surface area contributed by atoms with Crippen LogP contribution in [-0.2, 0) is 4.79 Å². The molecule has 0 fully saturated rings. The van der Waals surface area contributed by atoms with E-state index < -0.39 is 11.6 Å².